The molecule has 3 heteroatoms. The van der Waals surface area contributed by atoms with Crippen LogP contribution >= 0.6 is 0 Å². The van der Waals surface area contributed by atoms with Gasteiger partial charge in [-0.05, 0) is 50.9 Å². The molecular weight excluding hydrogens is 224 g/mol. The van der Waals surface area contributed by atoms with Gasteiger partial charge in [-0.15, -0.1) is 0 Å². The van der Waals surface area contributed by atoms with Gasteiger partial charge in [0.1, 0.15) is 0 Å². The maximum absolute atomic E-state index is 12.1. The van der Waals surface area contributed by atoms with Crippen molar-refractivity contribution in [2.75, 3.05) is 18.4 Å². The van der Waals surface area contributed by atoms with E-state index in [4.69, 9.17) is 0 Å². The lowest BCUT2D eigenvalue weighted by atomic mass is 9.98. The lowest BCUT2D eigenvalue weighted by molar-refractivity contribution is -0.121. The van der Waals surface area contributed by atoms with E-state index < -0.39 is 0 Å². The van der Waals surface area contributed by atoms with Gasteiger partial charge in [0.15, 0.2) is 0 Å². The normalized spacial score (nSPS) is 19.4. The van der Waals surface area contributed by atoms with Crippen LogP contribution in [0.25, 0.3) is 0 Å². The van der Waals surface area contributed by atoms with Crippen LogP contribution in [0.5, 0.6) is 0 Å². The van der Waals surface area contributed by atoms with E-state index in [0.717, 1.165) is 24.7 Å². The minimum Gasteiger partial charge on any atom is -0.325 e. The van der Waals surface area contributed by atoms with Crippen molar-refractivity contribution in [1.82, 2.24) is 4.90 Å². The predicted octanol–water partition coefficient (Wildman–Crippen LogP) is 2.75. The number of anilines is 1. The number of nitrogens with one attached hydrogen (secondary N) is 1. The topological polar surface area (TPSA) is 32.3 Å². The van der Waals surface area contributed by atoms with Crippen molar-refractivity contribution in [2.24, 2.45) is 5.92 Å². The van der Waals surface area contributed by atoms with Crippen molar-refractivity contribution >= 4 is 11.6 Å². The maximum Gasteiger partial charge on any atom is 0.241 e. The molecule has 1 aliphatic heterocycles. The maximum atomic E-state index is 12.1. The average molecular weight is 246 g/mol. The number of para-hydroxylation sites is 1. The SMILES string of the molecule is CC1CCN([C@H](C)C(=O)Nc2ccccc2)CC1. The fourth-order valence-corrected chi connectivity index (χ4v) is 2.35. The van der Waals surface area contributed by atoms with Gasteiger partial charge in [0.2, 0.25) is 5.91 Å². The quantitative estimate of drug-likeness (QED) is 0.889. The zero-order chi connectivity index (χ0) is 13.0. The smallest absolute Gasteiger partial charge is 0.241 e. The summed E-state index contributed by atoms with van der Waals surface area (Å²) in [5.74, 6) is 0.890. The largest absolute Gasteiger partial charge is 0.325 e. The first kappa shape index (κ1) is 13.1. The Labute approximate surface area is 109 Å². The van der Waals surface area contributed by atoms with Gasteiger partial charge in [0.25, 0.3) is 0 Å². The summed E-state index contributed by atoms with van der Waals surface area (Å²) >= 11 is 0. The van der Waals surface area contributed by atoms with Crippen LogP contribution in [0.15, 0.2) is 30.3 Å². The Balaban J connectivity index is 1.89. The number of amides is 1. The zero-order valence-electron chi connectivity index (χ0n) is 11.2. The van der Waals surface area contributed by atoms with Gasteiger partial charge >= 0.3 is 0 Å². The van der Waals surface area contributed by atoms with E-state index in [2.05, 4.69) is 17.1 Å². The van der Waals surface area contributed by atoms with Gasteiger partial charge < -0.3 is 5.32 Å². The molecule has 0 spiro atoms. The number of benzene rings is 1. The second-order valence-electron chi connectivity index (χ2n) is 5.25. The molecule has 0 radical (unpaired) electrons. The Morgan fingerprint density at radius 2 is 1.89 bits per heavy atom. The number of carbonyl (C=O) groups excluding carboxylic acids is 1. The molecule has 1 saturated heterocycles. The summed E-state index contributed by atoms with van der Waals surface area (Å²) in [6.45, 7) is 6.34. The third kappa shape index (κ3) is 3.33. The molecule has 98 valence electrons. The summed E-state index contributed by atoms with van der Waals surface area (Å²) in [4.78, 5) is 14.4. The Kier molecular flexibility index (Phi) is 4.37. The minimum absolute atomic E-state index is 0.0438. The van der Waals surface area contributed by atoms with Gasteiger partial charge in [0, 0.05) is 5.69 Å². The van der Waals surface area contributed by atoms with Crippen molar-refractivity contribution in [3.63, 3.8) is 0 Å². The number of hydrogen-bond donors (Lipinski definition) is 1. The number of likely N-dealkylation sites (tertiary alicyclic amines) is 1. The van der Waals surface area contributed by atoms with Gasteiger partial charge in [0.05, 0.1) is 6.04 Å². The molecule has 1 aliphatic rings. The average Bonchev–Trinajstić information content (AvgIpc) is 2.40. The van der Waals surface area contributed by atoms with Crippen molar-refractivity contribution in [3.05, 3.63) is 30.3 Å². The zero-order valence-corrected chi connectivity index (χ0v) is 11.2. The number of carbonyl (C=O) groups is 1. The second kappa shape index (κ2) is 6.01. The standard InChI is InChI=1S/C15H22N2O/c1-12-8-10-17(11-9-12)13(2)15(18)16-14-6-4-3-5-7-14/h3-7,12-13H,8-11H2,1-2H3,(H,16,18)/t13-/m1/s1. The third-order valence-electron chi connectivity index (χ3n) is 3.79. The minimum atomic E-state index is -0.0438. The first-order chi connectivity index (χ1) is 8.66. The molecule has 1 N–H and O–H groups in total. The van der Waals surface area contributed by atoms with Gasteiger partial charge in [-0.25, -0.2) is 0 Å². The van der Waals surface area contributed by atoms with Crippen LogP contribution in [0.4, 0.5) is 5.69 Å². The van der Waals surface area contributed by atoms with Crippen molar-refractivity contribution in [1.29, 1.82) is 0 Å². The summed E-state index contributed by atoms with van der Waals surface area (Å²) in [6, 6.07) is 9.61. The Bertz CT molecular complexity index is 383. The van der Waals surface area contributed by atoms with Gasteiger partial charge in [-0.2, -0.15) is 0 Å². The molecule has 0 saturated carbocycles. The second-order valence-corrected chi connectivity index (χ2v) is 5.25. The molecule has 3 nitrogen and oxygen atoms in total. The summed E-state index contributed by atoms with van der Waals surface area (Å²) in [5, 5.41) is 2.97. The fourth-order valence-electron chi connectivity index (χ4n) is 2.35. The van der Waals surface area contributed by atoms with Crippen LogP contribution in [0.1, 0.15) is 26.7 Å². The predicted molar refractivity (Wildman–Crippen MR) is 74.5 cm³/mol. The van der Waals surface area contributed by atoms with E-state index in [1.165, 1.54) is 12.8 Å². The highest BCUT2D eigenvalue weighted by molar-refractivity contribution is 5.94. The molecular formula is C15H22N2O. The van der Waals surface area contributed by atoms with E-state index >= 15 is 0 Å². The molecule has 1 aromatic rings. The number of hydrogen-bond acceptors (Lipinski definition) is 2. The van der Waals surface area contributed by atoms with Crippen LogP contribution in [0.3, 0.4) is 0 Å². The first-order valence-corrected chi connectivity index (χ1v) is 6.77. The monoisotopic (exact) mass is 246 g/mol. The number of rotatable bonds is 3. The fraction of sp³-hybridized carbons (Fsp3) is 0.533. The Hall–Kier alpha value is -1.35. The highest BCUT2D eigenvalue weighted by Gasteiger charge is 2.24. The number of piperidine rings is 1. The summed E-state index contributed by atoms with van der Waals surface area (Å²) in [5.41, 5.74) is 0.875. The van der Waals surface area contributed by atoms with E-state index in [1.807, 2.05) is 37.3 Å². The van der Waals surface area contributed by atoms with Crippen molar-refractivity contribution < 1.29 is 4.79 Å². The van der Waals surface area contributed by atoms with Crippen LogP contribution < -0.4 is 5.32 Å². The van der Waals surface area contributed by atoms with E-state index in [-0.39, 0.29) is 11.9 Å². The molecule has 0 unspecified atom stereocenters. The van der Waals surface area contributed by atoms with E-state index in [9.17, 15) is 4.79 Å². The van der Waals surface area contributed by atoms with Crippen LogP contribution in [-0.4, -0.2) is 29.9 Å². The van der Waals surface area contributed by atoms with Gasteiger partial charge in [-0.3, -0.25) is 9.69 Å². The Morgan fingerprint density at radius 3 is 2.50 bits per heavy atom. The summed E-state index contributed by atoms with van der Waals surface area (Å²) in [7, 11) is 0. The molecule has 0 aliphatic carbocycles. The molecule has 2 rings (SSSR count). The third-order valence-corrected chi connectivity index (χ3v) is 3.79. The van der Waals surface area contributed by atoms with E-state index in [0.29, 0.717) is 0 Å². The molecule has 1 fully saturated rings. The molecule has 1 atom stereocenters. The summed E-state index contributed by atoms with van der Waals surface area (Å²) < 4.78 is 0. The first-order valence-electron chi connectivity index (χ1n) is 6.77. The van der Waals surface area contributed by atoms with Crippen LogP contribution in [0, 0.1) is 5.92 Å². The molecule has 1 aromatic carbocycles. The highest BCUT2D eigenvalue weighted by atomic mass is 16.2. The molecule has 1 heterocycles. The summed E-state index contributed by atoms with van der Waals surface area (Å²) in [6.07, 6.45) is 2.39. The number of nitrogens with zero attached hydrogens (tertiary/aromatic N) is 1. The van der Waals surface area contributed by atoms with Gasteiger partial charge in [-0.1, -0.05) is 25.1 Å². The highest BCUT2D eigenvalue weighted by Crippen LogP contribution is 2.18. The molecule has 0 bridgehead atoms. The van der Waals surface area contributed by atoms with Crippen LogP contribution in [0.2, 0.25) is 0 Å². The van der Waals surface area contributed by atoms with Crippen molar-refractivity contribution in [2.45, 2.75) is 32.7 Å². The lowest BCUT2D eigenvalue weighted by Crippen LogP contribution is -2.45. The Morgan fingerprint density at radius 1 is 1.28 bits per heavy atom. The lowest BCUT2D eigenvalue weighted by Gasteiger charge is -2.34. The van der Waals surface area contributed by atoms with E-state index in [1.54, 1.807) is 0 Å². The molecule has 0 aromatic heterocycles. The molecule has 18 heavy (non-hydrogen) atoms. The van der Waals surface area contributed by atoms with Crippen LogP contribution in [-0.2, 0) is 4.79 Å². The van der Waals surface area contributed by atoms with Crippen molar-refractivity contribution in [3.8, 4) is 0 Å². The molecule has 1 amide bonds.